The summed E-state index contributed by atoms with van der Waals surface area (Å²) in [6.45, 7) is 9.55. The highest BCUT2D eigenvalue weighted by atomic mass is 16.3. The lowest BCUT2D eigenvalue weighted by atomic mass is 9.51. The number of aliphatic imine (C=N–C) groups is 1. The van der Waals surface area contributed by atoms with E-state index >= 15 is 0 Å². The number of fused-ring (bicyclic) bond motifs is 5. The Morgan fingerprint density at radius 1 is 1.17 bits per heavy atom. The second kappa shape index (κ2) is 6.52. The molecule has 2 heterocycles. The first-order valence-electron chi connectivity index (χ1n) is 11.0. The van der Waals surface area contributed by atoms with Gasteiger partial charge in [-0.1, -0.05) is 39.0 Å². The van der Waals surface area contributed by atoms with Crippen LogP contribution in [-0.4, -0.2) is 34.7 Å². The van der Waals surface area contributed by atoms with Crippen LogP contribution in [0.15, 0.2) is 41.4 Å². The normalized spacial score (nSPS) is 26.8. The molecule has 2 aromatic rings. The van der Waals surface area contributed by atoms with E-state index in [2.05, 4.69) is 42.8 Å². The summed E-state index contributed by atoms with van der Waals surface area (Å²) in [5.74, 6) is 0.133. The Morgan fingerprint density at radius 2 is 1.97 bits per heavy atom. The molecule has 1 N–H and O–H groups in total. The fraction of sp³-hybridized carbons (Fsp3) is 0.462. The van der Waals surface area contributed by atoms with E-state index in [1.807, 2.05) is 37.4 Å². The zero-order valence-electron chi connectivity index (χ0n) is 18.3. The van der Waals surface area contributed by atoms with Crippen LogP contribution in [-0.2, 0) is 18.3 Å². The van der Waals surface area contributed by atoms with Gasteiger partial charge in [0.1, 0.15) is 0 Å². The summed E-state index contributed by atoms with van der Waals surface area (Å²) in [5.41, 5.74) is 6.44. The molecule has 1 aliphatic carbocycles. The Kier molecular flexibility index (Phi) is 4.24. The van der Waals surface area contributed by atoms with Gasteiger partial charge in [-0.15, -0.1) is 0 Å². The molecule has 4 heteroatoms. The van der Waals surface area contributed by atoms with Crippen molar-refractivity contribution in [3.63, 3.8) is 0 Å². The van der Waals surface area contributed by atoms with Crippen molar-refractivity contribution in [2.45, 2.75) is 64.5 Å². The van der Waals surface area contributed by atoms with Gasteiger partial charge in [0.2, 0.25) is 0 Å². The van der Waals surface area contributed by atoms with Gasteiger partial charge in [0.15, 0.2) is 0 Å². The molecule has 2 aliphatic heterocycles. The summed E-state index contributed by atoms with van der Waals surface area (Å²) < 4.78 is 0. The molecule has 1 fully saturated rings. The first-order chi connectivity index (χ1) is 14.2. The van der Waals surface area contributed by atoms with Crippen molar-refractivity contribution in [3.8, 4) is 0 Å². The largest absolute Gasteiger partial charge is 0.389 e. The number of piperidine rings is 1. The predicted molar refractivity (Wildman–Crippen MR) is 120 cm³/mol. The average Bonchev–Trinajstić information content (AvgIpc) is 3.18. The zero-order valence-corrected chi connectivity index (χ0v) is 18.3. The zero-order chi connectivity index (χ0) is 21.3. The molecular weight excluding hydrogens is 372 g/mol. The van der Waals surface area contributed by atoms with E-state index in [0.717, 1.165) is 48.2 Å². The maximum Gasteiger partial charge on any atom is 0.254 e. The molecule has 0 spiro atoms. The topological polar surface area (TPSA) is 52.9 Å². The summed E-state index contributed by atoms with van der Waals surface area (Å²) in [7, 11) is 0. The first kappa shape index (κ1) is 19.5. The second-order valence-corrected chi connectivity index (χ2v) is 9.97. The molecule has 1 unspecified atom stereocenters. The van der Waals surface area contributed by atoms with E-state index in [1.165, 1.54) is 11.1 Å². The van der Waals surface area contributed by atoms with Crippen molar-refractivity contribution < 1.29 is 9.90 Å². The standard InChI is InChI=1S/C26H30N2O2/c1-16(29)17-5-6-18-15-23-25(2,3)26(4,21(18)14-17)10-12-28(23)24(30)20-7-8-22-19(13-20)9-11-27-22/h5-8,11,13-14,16,23,29H,9-10,12,15H2,1-4H3/t16?,23-,26+/m1/s1. The van der Waals surface area contributed by atoms with Crippen LogP contribution in [0.4, 0.5) is 5.69 Å². The Balaban J connectivity index is 1.53. The minimum atomic E-state index is -0.467. The van der Waals surface area contributed by atoms with Crippen molar-refractivity contribution in [3.05, 3.63) is 64.2 Å². The number of hydrogen-bond acceptors (Lipinski definition) is 3. The third-order valence-electron chi connectivity index (χ3n) is 8.24. The molecule has 0 aromatic heterocycles. The molecule has 0 saturated carbocycles. The molecule has 2 aromatic carbocycles. The number of carbonyl (C=O) groups is 1. The van der Waals surface area contributed by atoms with Crippen LogP contribution in [0.5, 0.6) is 0 Å². The van der Waals surface area contributed by atoms with Gasteiger partial charge in [-0.25, -0.2) is 0 Å². The minimum Gasteiger partial charge on any atom is -0.389 e. The van der Waals surface area contributed by atoms with Gasteiger partial charge in [-0.3, -0.25) is 9.79 Å². The van der Waals surface area contributed by atoms with Crippen LogP contribution in [0.3, 0.4) is 0 Å². The monoisotopic (exact) mass is 402 g/mol. The number of rotatable bonds is 2. The van der Waals surface area contributed by atoms with Crippen LogP contribution in [0.25, 0.3) is 0 Å². The highest BCUT2D eigenvalue weighted by Crippen LogP contribution is 2.56. The summed E-state index contributed by atoms with van der Waals surface area (Å²) >= 11 is 0. The van der Waals surface area contributed by atoms with Crippen LogP contribution in [0.2, 0.25) is 0 Å². The Morgan fingerprint density at radius 3 is 2.73 bits per heavy atom. The summed E-state index contributed by atoms with van der Waals surface area (Å²) in [6, 6.07) is 12.5. The lowest BCUT2D eigenvalue weighted by molar-refractivity contribution is -0.0263. The number of amides is 1. The van der Waals surface area contributed by atoms with Crippen molar-refractivity contribution >= 4 is 17.8 Å². The van der Waals surface area contributed by atoms with E-state index in [1.54, 1.807) is 0 Å². The molecule has 4 nitrogen and oxygen atoms in total. The quantitative estimate of drug-likeness (QED) is 0.788. The number of aliphatic hydroxyl groups excluding tert-OH is 1. The SMILES string of the molecule is CC(O)c1ccc2c(c1)[C@]1(C)CCN(C(=O)c3ccc4c(c3)CC=N4)[C@H](C2)C1(C)C. The van der Waals surface area contributed by atoms with Gasteiger partial charge < -0.3 is 10.0 Å². The molecule has 3 atom stereocenters. The van der Waals surface area contributed by atoms with E-state index in [4.69, 9.17) is 0 Å². The van der Waals surface area contributed by atoms with Gasteiger partial charge in [-0.2, -0.15) is 0 Å². The van der Waals surface area contributed by atoms with Crippen molar-refractivity contribution in [1.82, 2.24) is 4.90 Å². The van der Waals surface area contributed by atoms with E-state index in [0.29, 0.717) is 0 Å². The molecule has 156 valence electrons. The third kappa shape index (κ3) is 2.63. The van der Waals surface area contributed by atoms with E-state index in [-0.39, 0.29) is 22.8 Å². The summed E-state index contributed by atoms with van der Waals surface area (Å²) in [5, 5.41) is 10.1. The maximum atomic E-state index is 13.6. The Hall–Kier alpha value is -2.46. The average molecular weight is 403 g/mol. The first-order valence-corrected chi connectivity index (χ1v) is 11.0. The van der Waals surface area contributed by atoms with Crippen LogP contribution >= 0.6 is 0 Å². The maximum absolute atomic E-state index is 13.6. The molecule has 3 aliphatic rings. The van der Waals surface area contributed by atoms with Crippen LogP contribution in [0, 0.1) is 5.41 Å². The lowest BCUT2D eigenvalue weighted by Crippen LogP contribution is -2.64. The summed E-state index contributed by atoms with van der Waals surface area (Å²) in [6.07, 6.45) is 4.03. The molecule has 2 bridgehead atoms. The number of aliphatic hydroxyl groups is 1. The highest BCUT2D eigenvalue weighted by molar-refractivity contribution is 5.96. The van der Waals surface area contributed by atoms with Gasteiger partial charge in [0.25, 0.3) is 5.91 Å². The molecule has 0 radical (unpaired) electrons. The van der Waals surface area contributed by atoms with Gasteiger partial charge in [0.05, 0.1) is 11.8 Å². The van der Waals surface area contributed by atoms with E-state index in [9.17, 15) is 9.90 Å². The smallest absolute Gasteiger partial charge is 0.254 e. The number of hydrogen-bond donors (Lipinski definition) is 1. The molecule has 30 heavy (non-hydrogen) atoms. The van der Waals surface area contributed by atoms with Crippen LogP contribution in [0.1, 0.15) is 72.8 Å². The Bertz CT molecular complexity index is 1070. The van der Waals surface area contributed by atoms with E-state index < -0.39 is 6.10 Å². The fourth-order valence-electron chi connectivity index (χ4n) is 5.84. The number of likely N-dealkylation sites (tertiary alicyclic amines) is 1. The molecular formula is C26H30N2O2. The second-order valence-electron chi connectivity index (χ2n) is 9.97. The van der Waals surface area contributed by atoms with Crippen molar-refractivity contribution in [2.24, 2.45) is 10.4 Å². The molecule has 1 saturated heterocycles. The Labute approximate surface area is 178 Å². The fourth-order valence-corrected chi connectivity index (χ4v) is 5.84. The number of nitrogens with zero attached hydrogens (tertiary/aromatic N) is 2. The number of benzene rings is 2. The summed E-state index contributed by atoms with van der Waals surface area (Å²) in [4.78, 5) is 20.1. The molecule has 1 amide bonds. The lowest BCUT2D eigenvalue weighted by Gasteiger charge is -2.61. The van der Waals surface area contributed by atoms with Crippen molar-refractivity contribution in [1.29, 1.82) is 0 Å². The third-order valence-corrected chi connectivity index (χ3v) is 8.24. The molecule has 5 rings (SSSR count). The van der Waals surface area contributed by atoms with Crippen molar-refractivity contribution in [2.75, 3.05) is 6.54 Å². The minimum absolute atomic E-state index is 0.0291. The predicted octanol–water partition coefficient (Wildman–Crippen LogP) is 4.75. The van der Waals surface area contributed by atoms with Crippen LogP contribution < -0.4 is 0 Å². The highest BCUT2D eigenvalue weighted by Gasteiger charge is 2.56. The van der Waals surface area contributed by atoms with Gasteiger partial charge >= 0.3 is 0 Å². The number of carbonyl (C=O) groups excluding carboxylic acids is 1. The van der Waals surface area contributed by atoms with Gasteiger partial charge in [0, 0.05) is 36.2 Å². The van der Waals surface area contributed by atoms with Gasteiger partial charge in [-0.05, 0) is 65.6 Å².